The van der Waals surface area contributed by atoms with Gasteiger partial charge in [-0.15, -0.1) is 5.10 Å². The van der Waals surface area contributed by atoms with Crippen LogP contribution in [0.3, 0.4) is 0 Å². The van der Waals surface area contributed by atoms with Gasteiger partial charge in [0, 0.05) is 69.9 Å². The fourth-order valence-electron chi connectivity index (χ4n) is 9.07. The number of carbonyl (C=O) groups is 6. The Kier molecular flexibility index (Phi) is 18.7. The van der Waals surface area contributed by atoms with E-state index in [0.29, 0.717) is 36.5 Å². The number of amides is 5. The number of carbonyl (C=O) groups excluding carboxylic acids is 6. The van der Waals surface area contributed by atoms with Gasteiger partial charge >= 0.3 is 12.1 Å². The van der Waals surface area contributed by atoms with Crippen molar-refractivity contribution >= 4 is 74.6 Å². The van der Waals surface area contributed by atoms with Crippen molar-refractivity contribution in [3.05, 3.63) is 58.4 Å². The van der Waals surface area contributed by atoms with Gasteiger partial charge in [-0.2, -0.15) is 0 Å². The van der Waals surface area contributed by atoms with Crippen molar-refractivity contribution in [2.45, 2.75) is 153 Å². The number of allylic oxidation sites excluding steroid dienone is 3. The molecule has 390 valence electrons. The van der Waals surface area contributed by atoms with E-state index in [9.17, 15) is 33.9 Å². The van der Waals surface area contributed by atoms with Gasteiger partial charge in [0.1, 0.15) is 46.4 Å². The lowest BCUT2D eigenvalue weighted by atomic mass is 9.83. The molecule has 3 saturated heterocycles. The number of ether oxygens (including phenoxy) is 5. The summed E-state index contributed by atoms with van der Waals surface area (Å²) in [6.45, 7) is 11.6. The van der Waals surface area contributed by atoms with Gasteiger partial charge in [-0.05, 0) is 64.2 Å². The quantitative estimate of drug-likeness (QED) is 0.0607. The van der Waals surface area contributed by atoms with Crippen molar-refractivity contribution in [2.75, 3.05) is 39.0 Å². The number of anilines is 1. The van der Waals surface area contributed by atoms with E-state index in [4.69, 9.17) is 35.3 Å². The van der Waals surface area contributed by atoms with Gasteiger partial charge in [0.2, 0.25) is 23.6 Å². The molecule has 0 saturated carbocycles. The molecule has 6 rings (SSSR count). The number of nitrogens with zero attached hydrogens (tertiary/aromatic N) is 6. The molecule has 5 amide bonds. The number of nitrogens with one attached hydrogen (secondary N) is 1. The van der Waals surface area contributed by atoms with Gasteiger partial charge in [-0.3, -0.25) is 34.1 Å². The van der Waals surface area contributed by atoms with Gasteiger partial charge in [-0.25, -0.2) is 9.59 Å². The Morgan fingerprint density at radius 3 is 2.55 bits per heavy atom. The van der Waals surface area contributed by atoms with E-state index in [2.05, 4.69) is 22.6 Å². The van der Waals surface area contributed by atoms with Crippen LogP contribution in [-0.4, -0.2) is 147 Å². The highest BCUT2D eigenvalue weighted by atomic mass is 35.5. The maximum Gasteiger partial charge on any atom is 0.409 e. The molecule has 4 aliphatic heterocycles. The highest BCUT2D eigenvalue weighted by molar-refractivity contribution is 8.76. The minimum Gasteiger partial charge on any atom is -0.495 e. The molecule has 2 N–H and O–H groups in total. The Labute approximate surface area is 428 Å². The van der Waals surface area contributed by atoms with Crippen LogP contribution in [0.25, 0.3) is 0 Å². The molecule has 0 radical (unpaired) electrons. The summed E-state index contributed by atoms with van der Waals surface area (Å²) < 4.78 is 31.2. The average molecular weight is 1050 g/mol. The lowest BCUT2D eigenvalue weighted by Crippen LogP contribution is -2.63. The monoisotopic (exact) mass is 1050 g/mol. The first kappa shape index (κ1) is 55.6. The molecule has 0 spiro atoms. The minimum absolute atomic E-state index is 0.0695. The van der Waals surface area contributed by atoms with Crippen molar-refractivity contribution < 1.29 is 57.6 Å². The molecule has 2 unspecified atom stereocenters. The van der Waals surface area contributed by atoms with Gasteiger partial charge < -0.3 is 38.6 Å². The van der Waals surface area contributed by atoms with Crippen LogP contribution in [0.2, 0.25) is 5.02 Å². The summed E-state index contributed by atoms with van der Waals surface area (Å²) in [5.41, 5.74) is -0.439. The zero-order chi connectivity index (χ0) is 51.9. The van der Waals surface area contributed by atoms with Crippen LogP contribution in [-0.2, 0) is 62.4 Å². The Balaban J connectivity index is 1.06. The van der Waals surface area contributed by atoms with E-state index in [0.717, 1.165) is 29.7 Å². The zero-order valence-electron chi connectivity index (χ0n) is 42.2. The summed E-state index contributed by atoms with van der Waals surface area (Å²) in [5.74, 6) is -1.42. The van der Waals surface area contributed by atoms with Crippen LogP contribution < -0.4 is 15.0 Å². The molecule has 1 aromatic carbocycles. The summed E-state index contributed by atoms with van der Waals surface area (Å²) in [4.78, 5) is 83.3. The number of benzene rings is 1. The van der Waals surface area contributed by atoms with E-state index in [-0.39, 0.29) is 66.1 Å². The third-order valence-corrected chi connectivity index (χ3v) is 17.2. The summed E-state index contributed by atoms with van der Waals surface area (Å²) in [7, 11) is 9.45. The smallest absolute Gasteiger partial charge is 0.409 e. The number of halogens is 1. The number of likely N-dealkylation sites (tertiary alicyclic amines) is 1. The number of unbranched alkanes of at least 4 members (excludes halogenated alkanes) is 1. The van der Waals surface area contributed by atoms with E-state index in [1.54, 1.807) is 98.5 Å². The van der Waals surface area contributed by atoms with Crippen LogP contribution in [0, 0.1) is 11.8 Å². The van der Waals surface area contributed by atoms with Crippen LogP contribution in [0.1, 0.15) is 97.7 Å². The van der Waals surface area contributed by atoms with Crippen LogP contribution in [0.4, 0.5) is 10.5 Å². The number of aliphatic hydroxyl groups is 1. The topological polar surface area (TPSA) is 225 Å². The van der Waals surface area contributed by atoms with Gasteiger partial charge in [0.25, 0.3) is 0 Å². The van der Waals surface area contributed by atoms with Crippen LogP contribution in [0.15, 0.2) is 42.1 Å². The Morgan fingerprint density at radius 1 is 1.11 bits per heavy atom. The SMILES string of the molecule is COc1cc2cc(c1Cl)N(C)C(=O)C[C@H](OC(=O)[C@H](C)N(C)C(=O)CCC(C)SSCCCCn1cc(CN3C(=O)CC(C)C3=O)nn1)[C@]1(C)O[C@@H]1[C@H](C)[C@@H]1C[C@@](O)(NC(=O)O1)[C@H](OC)/C=C/C=C(\C)C2. The number of hydrogen-bond donors (Lipinski definition) is 2. The Hall–Kier alpha value is -4.67. The third kappa shape index (κ3) is 13.5. The number of imide groups is 1. The number of methoxy groups -OCH3 is 2. The summed E-state index contributed by atoms with van der Waals surface area (Å²) in [6, 6.07) is 2.56. The van der Waals surface area contributed by atoms with E-state index in [1.807, 2.05) is 13.0 Å². The molecule has 1 aromatic heterocycles. The number of epoxide rings is 1. The molecule has 0 aliphatic carbocycles. The number of fused-ring (bicyclic) bond motifs is 5. The molecule has 4 bridgehead atoms. The largest absolute Gasteiger partial charge is 0.495 e. The summed E-state index contributed by atoms with van der Waals surface area (Å²) >= 11 is 6.82. The molecule has 10 atom stereocenters. The second-order valence-electron chi connectivity index (χ2n) is 19.3. The number of aromatic nitrogens is 3. The molecule has 19 nitrogen and oxygen atoms in total. The highest BCUT2D eigenvalue weighted by Gasteiger charge is 2.64. The maximum atomic E-state index is 14.3. The second kappa shape index (κ2) is 23.9. The number of esters is 1. The third-order valence-electron chi connectivity index (χ3n) is 13.8. The lowest BCUT2D eigenvalue weighted by molar-refractivity contribution is -0.162. The second-order valence-corrected chi connectivity index (χ2v) is 22.6. The molecule has 71 heavy (non-hydrogen) atoms. The van der Waals surface area contributed by atoms with Crippen LogP contribution in [0.5, 0.6) is 5.75 Å². The summed E-state index contributed by atoms with van der Waals surface area (Å²) in [5, 5.41) is 23.0. The van der Waals surface area contributed by atoms with E-state index in [1.165, 1.54) is 28.9 Å². The predicted octanol–water partition coefficient (Wildman–Crippen LogP) is 6.03. The molecular formula is C49H68ClN7O12S2. The van der Waals surface area contributed by atoms with Crippen molar-refractivity contribution in [3.63, 3.8) is 0 Å². The molecular weight excluding hydrogens is 978 g/mol. The standard InChI is InChI=1S/C49H68ClN7O12S2/c1-28-14-13-15-38(66-10)49(64)25-37(67-47(63)51-49)31(4)44-48(6,69-44)39(24-41(59)55(8)35-22-33(20-28)23-36(65-9)43(35)50)68-46(62)32(5)54(7)40(58)17-16-30(3)71-70-19-12-11-18-56-26-34(52-53-56)27-57-42(60)21-29(2)45(57)61/h13-15,22-23,26,29-32,37-39,44,64H,11-12,16-21,24-25,27H2,1-10H3,(H,51,63)/b15-13+,28-14+/t29?,30?,31-,32+,37+,38-,39+,44-,48+,49+/m1/s1. The van der Waals surface area contributed by atoms with Crippen LogP contribution >= 0.6 is 33.2 Å². The molecule has 2 aromatic rings. The minimum atomic E-state index is -1.85. The first-order valence-corrected chi connectivity index (χ1v) is 26.7. The molecule has 5 heterocycles. The van der Waals surface area contributed by atoms with Crippen molar-refractivity contribution in [2.24, 2.45) is 11.8 Å². The Bertz CT molecular complexity index is 2370. The van der Waals surface area contributed by atoms with Crippen molar-refractivity contribution in [1.82, 2.24) is 30.1 Å². The number of rotatable bonds is 17. The fraction of sp³-hybridized carbons (Fsp3) is 0.633. The lowest BCUT2D eigenvalue weighted by Gasteiger charge is -2.42. The first-order valence-electron chi connectivity index (χ1n) is 23.9. The number of alkyl carbamates (subject to hydrolysis) is 1. The van der Waals surface area contributed by atoms with Gasteiger partial charge in [-0.1, -0.05) is 83.0 Å². The fourth-order valence-corrected chi connectivity index (χ4v) is 11.9. The number of aryl methyl sites for hydroxylation is 1. The molecule has 3 fully saturated rings. The molecule has 22 heteroatoms. The number of likely N-dealkylation sites (N-methyl/N-ethyl adjacent to an activating group) is 1. The van der Waals surface area contributed by atoms with Gasteiger partial charge in [0.15, 0.2) is 5.72 Å². The highest BCUT2D eigenvalue weighted by Crippen LogP contribution is 2.49. The van der Waals surface area contributed by atoms with E-state index < -0.39 is 65.7 Å². The average Bonchev–Trinajstić information content (AvgIpc) is 3.71. The van der Waals surface area contributed by atoms with Crippen molar-refractivity contribution in [3.8, 4) is 5.75 Å². The summed E-state index contributed by atoms with van der Waals surface area (Å²) in [6.07, 6.45) is 5.28. The molecule has 4 aliphatic rings. The van der Waals surface area contributed by atoms with Gasteiger partial charge in [0.05, 0.1) is 38.1 Å². The predicted molar refractivity (Wildman–Crippen MR) is 268 cm³/mol. The first-order chi connectivity index (χ1) is 33.6. The Morgan fingerprint density at radius 2 is 1.86 bits per heavy atom. The zero-order valence-corrected chi connectivity index (χ0v) is 44.6. The number of hydrogen-bond acceptors (Lipinski definition) is 16. The van der Waals surface area contributed by atoms with E-state index >= 15 is 0 Å². The van der Waals surface area contributed by atoms with Crippen molar-refractivity contribution in [1.29, 1.82) is 0 Å². The normalized spacial score (nSPS) is 29.0. The maximum absolute atomic E-state index is 14.3.